The molecule has 0 aliphatic carbocycles. The lowest BCUT2D eigenvalue weighted by Crippen LogP contribution is -2.42. The van der Waals surface area contributed by atoms with Crippen molar-refractivity contribution in [3.8, 4) is 0 Å². The van der Waals surface area contributed by atoms with Crippen LogP contribution in [-0.2, 0) is 4.79 Å². The molecule has 2 aliphatic rings. The van der Waals surface area contributed by atoms with E-state index in [1.807, 2.05) is 7.05 Å². The molecular formula is C16H21N3O3. The summed E-state index contributed by atoms with van der Waals surface area (Å²) < 4.78 is 0. The number of hydrogen-bond acceptors (Lipinski definition) is 3. The van der Waals surface area contributed by atoms with Crippen molar-refractivity contribution in [2.45, 2.75) is 32.2 Å². The number of carbonyl (C=O) groups is 2. The average Bonchev–Trinajstić information content (AvgIpc) is 2.63. The second-order valence-electron chi connectivity index (χ2n) is 6.35. The smallest absolute Gasteiger partial charge is 0.270 e. The first kappa shape index (κ1) is 14.8. The lowest BCUT2D eigenvalue weighted by molar-refractivity contribution is -0.134. The molecule has 2 atom stereocenters. The molecule has 2 bridgehead atoms. The maximum atomic E-state index is 12.7. The van der Waals surface area contributed by atoms with Crippen LogP contribution in [0.3, 0.4) is 0 Å². The Bertz CT molecular complexity index is 667. The molecule has 6 nitrogen and oxygen atoms in total. The second-order valence-corrected chi connectivity index (χ2v) is 6.35. The number of rotatable bonds is 1. The summed E-state index contributed by atoms with van der Waals surface area (Å²) in [5, 5.41) is 0. The van der Waals surface area contributed by atoms with Crippen LogP contribution in [0.4, 0.5) is 0 Å². The molecule has 2 unspecified atom stereocenters. The fourth-order valence-electron chi connectivity index (χ4n) is 3.50. The van der Waals surface area contributed by atoms with Gasteiger partial charge in [-0.1, -0.05) is 6.42 Å². The highest BCUT2D eigenvalue weighted by atomic mass is 16.2. The lowest BCUT2D eigenvalue weighted by Gasteiger charge is -2.29. The molecule has 0 saturated carbocycles. The first-order valence-electron chi connectivity index (χ1n) is 7.72. The summed E-state index contributed by atoms with van der Waals surface area (Å²) in [6, 6.07) is 2.87. The number of carbonyl (C=O) groups excluding carboxylic acids is 2. The molecule has 22 heavy (non-hydrogen) atoms. The Morgan fingerprint density at radius 2 is 2.00 bits per heavy atom. The van der Waals surface area contributed by atoms with Crippen molar-refractivity contribution in [2.24, 2.45) is 5.92 Å². The zero-order valence-electron chi connectivity index (χ0n) is 13.0. The number of aromatic nitrogens is 1. The van der Waals surface area contributed by atoms with Crippen LogP contribution in [0.1, 0.15) is 35.4 Å². The summed E-state index contributed by atoms with van der Waals surface area (Å²) in [6.45, 7) is 2.73. The summed E-state index contributed by atoms with van der Waals surface area (Å²) in [7, 11) is 1.83. The van der Waals surface area contributed by atoms with E-state index in [2.05, 4.69) is 4.98 Å². The Morgan fingerprint density at radius 1 is 1.23 bits per heavy atom. The molecule has 3 heterocycles. The molecule has 0 radical (unpaired) electrons. The molecule has 0 aromatic carbocycles. The molecule has 2 fully saturated rings. The third-order valence-electron chi connectivity index (χ3n) is 4.70. The Balaban J connectivity index is 1.90. The number of nitrogens with zero attached hydrogens (tertiary/aromatic N) is 2. The van der Waals surface area contributed by atoms with Gasteiger partial charge in [0.05, 0.1) is 5.92 Å². The van der Waals surface area contributed by atoms with Crippen LogP contribution in [0, 0.1) is 12.8 Å². The first-order chi connectivity index (χ1) is 10.5. The Hall–Kier alpha value is -2.11. The van der Waals surface area contributed by atoms with Crippen molar-refractivity contribution in [3.05, 3.63) is 33.7 Å². The molecule has 2 saturated heterocycles. The summed E-state index contributed by atoms with van der Waals surface area (Å²) in [6.07, 6.45) is 2.77. The lowest BCUT2D eigenvalue weighted by atomic mass is 9.99. The number of H-pyrrole nitrogens is 1. The maximum absolute atomic E-state index is 12.7. The van der Waals surface area contributed by atoms with Crippen LogP contribution < -0.4 is 5.43 Å². The van der Waals surface area contributed by atoms with E-state index >= 15 is 0 Å². The fraction of sp³-hybridized carbons (Fsp3) is 0.562. The van der Waals surface area contributed by atoms with Gasteiger partial charge >= 0.3 is 0 Å². The van der Waals surface area contributed by atoms with E-state index in [-0.39, 0.29) is 29.2 Å². The molecule has 1 aromatic rings. The van der Waals surface area contributed by atoms with Crippen LogP contribution in [0.5, 0.6) is 0 Å². The maximum Gasteiger partial charge on any atom is 0.270 e. The normalized spacial score (nSPS) is 25.1. The minimum absolute atomic E-state index is 0.0699. The molecule has 0 spiro atoms. The molecule has 2 aliphatic heterocycles. The van der Waals surface area contributed by atoms with Crippen LogP contribution in [0.15, 0.2) is 16.9 Å². The average molecular weight is 303 g/mol. The van der Waals surface area contributed by atoms with E-state index in [0.29, 0.717) is 24.5 Å². The number of aromatic amines is 1. The van der Waals surface area contributed by atoms with Crippen molar-refractivity contribution < 1.29 is 9.59 Å². The van der Waals surface area contributed by atoms with Gasteiger partial charge in [0.1, 0.15) is 5.69 Å². The monoisotopic (exact) mass is 303 g/mol. The van der Waals surface area contributed by atoms with Gasteiger partial charge in [-0.15, -0.1) is 0 Å². The van der Waals surface area contributed by atoms with Gasteiger partial charge in [0.2, 0.25) is 5.91 Å². The van der Waals surface area contributed by atoms with Crippen molar-refractivity contribution in [1.29, 1.82) is 0 Å². The zero-order chi connectivity index (χ0) is 15.9. The van der Waals surface area contributed by atoms with Crippen molar-refractivity contribution in [1.82, 2.24) is 14.8 Å². The Kier molecular flexibility index (Phi) is 3.76. The minimum Gasteiger partial charge on any atom is -0.354 e. The second kappa shape index (κ2) is 5.59. The molecule has 1 aromatic heterocycles. The topological polar surface area (TPSA) is 73.5 Å². The largest absolute Gasteiger partial charge is 0.354 e. The molecule has 1 N–H and O–H groups in total. The summed E-state index contributed by atoms with van der Waals surface area (Å²) >= 11 is 0. The molecule has 3 rings (SSSR count). The number of pyridine rings is 1. The van der Waals surface area contributed by atoms with Gasteiger partial charge in [0.25, 0.3) is 5.91 Å². The van der Waals surface area contributed by atoms with Gasteiger partial charge in [-0.2, -0.15) is 0 Å². The molecular weight excluding hydrogens is 282 g/mol. The summed E-state index contributed by atoms with van der Waals surface area (Å²) in [4.78, 5) is 43.2. The van der Waals surface area contributed by atoms with E-state index in [4.69, 9.17) is 0 Å². The van der Waals surface area contributed by atoms with Gasteiger partial charge in [-0.05, 0) is 19.8 Å². The van der Waals surface area contributed by atoms with Crippen LogP contribution >= 0.6 is 0 Å². The standard InChI is InChI=1S/C16H21N3O3/c1-10-6-13(20)7-14(17-10)16(22)19-8-11-4-3-5-12(9-19)18(2)15(11)21/h6-7,11-12H,3-5,8-9H2,1-2H3,(H,17,20). The number of likely N-dealkylation sites (tertiary alicyclic amines) is 1. The van der Waals surface area contributed by atoms with E-state index in [0.717, 1.165) is 19.3 Å². The number of amides is 2. The van der Waals surface area contributed by atoms with Gasteiger partial charge in [-0.25, -0.2) is 0 Å². The highest BCUT2D eigenvalue weighted by molar-refractivity contribution is 5.93. The summed E-state index contributed by atoms with van der Waals surface area (Å²) in [5.41, 5.74) is 0.793. The quantitative estimate of drug-likeness (QED) is 0.832. The van der Waals surface area contributed by atoms with E-state index < -0.39 is 0 Å². The predicted molar refractivity (Wildman–Crippen MR) is 81.6 cm³/mol. The van der Waals surface area contributed by atoms with Crippen LogP contribution in [-0.4, -0.2) is 52.8 Å². The Morgan fingerprint density at radius 3 is 2.73 bits per heavy atom. The van der Waals surface area contributed by atoms with Crippen molar-refractivity contribution in [3.63, 3.8) is 0 Å². The molecule has 6 heteroatoms. The number of fused-ring (bicyclic) bond motifs is 3. The van der Waals surface area contributed by atoms with Crippen LogP contribution in [0.2, 0.25) is 0 Å². The Labute approximate surface area is 129 Å². The number of nitrogens with one attached hydrogen (secondary N) is 1. The zero-order valence-corrected chi connectivity index (χ0v) is 13.0. The van der Waals surface area contributed by atoms with Gasteiger partial charge in [0.15, 0.2) is 5.43 Å². The third kappa shape index (κ3) is 2.65. The van der Waals surface area contributed by atoms with E-state index in [9.17, 15) is 14.4 Å². The van der Waals surface area contributed by atoms with Crippen LogP contribution in [0.25, 0.3) is 0 Å². The molecule has 118 valence electrons. The fourth-order valence-corrected chi connectivity index (χ4v) is 3.50. The third-order valence-corrected chi connectivity index (χ3v) is 4.70. The van der Waals surface area contributed by atoms with Gasteiger partial charge < -0.3 is 14.8 Å². The molecule has 2 amide bonds. The SMILES string of the molecule is Cc1cc(=O)cc(C(=O)N2CC3CCCC(C2)N(C)C3=O)[nH]1. The highest BCUT2D eigenvalue weighted by Gasteiger charge is 2.38. The predicted octanol–water partition coefficient (Wildman–Crippen LogP) is 0.766. The van der Waals surface area contributed by atoms with Gasteiger partial charge in [0, 0.05) is 44.0 Å². The highest BCUT2D eigenvalue weighted by Crippen LogP contribution is 2.27. The van der Waals surface area contributed by atoms with Crippen molar-refractivity contribution >= 4 is 11.8 Å². The summed E-state index contributed by atoms with van der Waals surface area (Å²) in [5.74, 6) is -0.186. The van der Waals surface area contributed by atoms with E-state index in [1.165, 1.54) is 12.1 Å². The first-order valence-corrected chi connectivity index (χ1v) is 7.72. The van der Waals surface area contributed by atoms with E-state index in [1.54, 1.807) is 16.7 Å². The number of aryl methyl sites for hydroxylation is 1. The van der Waals surface area contributed by atoms with Gasteiger partial charge in [-0.3, -0.25) is 14.4 Å². The minimum atomic E-state index is -0.194. The van der Waals surface area contributed by atoms with Crippen molar-refractivity contribution in [2.75, 3.05) is 20.1 Å². The number of hydrogen-bond donors (Lipinski definition) is 1. The number of likely N-dealkylation sites (N-methyl/N-ethyl adjacent to an activating group) is 1.